The molecule has 8 nitrogen and oxygen atoms in total. The second kappa shape index (κ2) is 13.1. The lowest BCUT2D eigenvalue weighted by molar-refractivity contribution is -0.137. The van der Waals surface area contributed by atoms with Crippen LogP contribution in [0.1, 0.15) is 29.2 Å². The van der Waals surface area contributed by atoms with Crippen LogP contribution in [0.4, 0.5) is 23.7 Å². The minimum atomic E-state index is -4.60. The summed E-state index contributed by atoms with van der Waals surface area (Å²) in [6.07, 6.45) is -3.14. The van der Waals surface area contributed by atoms with Crippen LogP contribution in [0.15, 0.2) is 70.0 Å². The molecule has 0 aliphatic carbocycles. The number of nitriles is 1. The average molecular weight is 660 g/mol. The molecule has 1 aliphatic heterocycles. The van der Waals surface area contributed by atoms with Crippen LogP contribution in [0.3, 0.4) is 0 Å². The number of hydrogen-bond donors (Lipinski definition) is 1. The third-order valence-corrected chi connectivity index (χ3v) is 7.41. The van der Waals surface area contributed by atoms with Crippen LogP contribution in [-0.2, 0) is 22.4 Å². The van der Waals surface area contributed by atoms with Crippen molar-refractivity contribution in [2.45, 2.75) is 19.7 Å². The molecule has 0 atom stereocenters. The number of hydrogen-bond acceptors (Lipinski definition) is 7. The number of ether oxygens (including phenoxy) is 2. The van der Waals surface area contributed by atoms with Gasteiger partial charge in [0, 0.05) is 15.7 Å². The molecule has 3 amide bonds. The van der Waals surface area contributed by atoms with E-state index in [0.717, 1.165) is 18.2 Å². The molecule has 0 bridgehead atoms. The lowest BCUT2D eigenvalue weighted by atomic mass is 10.1. The number of benzene rings is 3. The standard InChI is InChI=1S/C29H21BrF3N3O5S/c1-2-40-23-10-19(22(30)13-24(23)41-16-18-7-4-3-6-17(18)14-34)11-25-27(38)36(28(39)42-25)15-26(37)35-21-9-5-8-20(12-21)29(31,32)33/h3-13H,2,15-16H2,1H3,(H,35,37)/b25-11-. The lowest BCUT2D eigenvalue weighted by Crippen LogP contribution is -2.36. The van der Waals surface area contributed by atoms with E-state index in [1.807, 2.05) is 0 Å². The van der Waals surface area contributed by atoms with Crippen LogP contribution in [0.5, 0.6) is 11.5 Å². The van der Waals surface area contributed by atoms with Gasteiger partial charge in [-0.3, -0.25) is 19.3 Å². The molecular weight excluding hydrogens is 639 g/mol. The number of amides is 3. The molecule has 0 radical (unpaired) electrons. The molecule has 1 heterocycles. The maximum absolute atomic E-state index is 13.0. The predicted octanol–water partition coefficient (Wildman–Crippen LogP) is 6.99. The van der Waals surface area contributed by atoms with E-state index in [-0.39, 0.29) is 17.2 Å². The number of carbonyl (C=O) groups is 3. The summed E-state index contributed by atoms with van der Waals surface area (Å²) in [5.74, 6) is -0.825. The molecule has 3 aromatic rings. The first-order valence-electron chi connectivity index (χ1n) is 12.3. The van der Waals surface area contributed by atoms with Crippen molar-refractivity contribution in [3.63, 3.8) is 0 Å². The first-order valence-corrected chi connectivity index (χ1v) is 13.9. The van der Waals surface area contributed by atoms with E-state index < -0.39 is 35.3 Å². The van der Waals surface area contributed by atoms with Gasteiger partial charge in [0.15, 0.2) is 11.5 Å². The molecule has 0 saturated carbocycles. The molecule has 0 spiro atoms. The number of alkyl halides is 3. The Bertz CT molecular complexity index is 1620. The van der Waals surface area contributed by atoms with Gasteiger partial charge in [0.2, 0.25) is 5.91 Å². The van der Waals surface area contributed by atoms with Crippen LogP contribution >= 0.6 is 27.7 Å². The zero-order valence-electron chi connectivity index (χ0n) is 21.8. The fourth-order valence-electron chi connectivity index (χ4n) is 3.85. The zero-order valence-corrected chi connectivity index (χ0v) is 24.2. The summed E-state index contributed by atoms with van der Waals surface area (Å²) in [6.45, 7) is 1.52. The molecule has 1 saturated heterocycles. The summed E-state index contributed by atoms with van der Waals surface area (Å²) in [7, 11) is 0. The third kappa shape index (κ3) is 7.32. The highest BCUT2D eigenvalue weighted by Crippen LogP contribution is 2.38. The van der Waals surface area contributed by atoms with E-state index >= 15 is 0 Å². The topological polar surface area (TPSA) is 109 Å². The van der Waals surface area contributed by atoms with E-state index in [4.69, 9.17) is 9.47 Å². The molecule has 3 aromatic carbocycles. The molecule has 0 aromatic heterocycles. The first-order chi connectivity index (χ1) is 20.0. The van der Waals surface area contributed by atoms with Crippen LogP contribution in [0, 0.1) is 11.3 Å². The third-order valence-electron chi connectivity index (χ3n) is 5.82. The predicted molar refractivity (Wildman–Crippen MR) is 154 cm³/mol. The van der Waals surface area contributed by atoms with E-state index in [0.29, 0.717) is 55.9 Å². The van der Waals surface area contributed by atoms with Gasteiger partial charge in [-0.1, -0.05) is 40.2 Å². The highest BCUT2D eigenvalue weighted by Gasteiger charge is 2.37. The van der Waals surface area contributed by atoms with Gasteiger partial charge in [0.05, 0.1) is 28.7 Å². The highest BCUT2D eigenvalue weighted by atomic mass is 79.9. The largest absolute Gasteiger partial charge is 0.490 e. The van der Waals surface area contributed by atoms with Gasteiger partial charge in [-0.15, -0.1) is 0 Å². The summed E-state index contributed by atoms with van der Waals surface area (Å²) < 4.78 is 51.1. The summed E-state index contributed by atoms with van der Waals surface area (Å²) in [4.78, 5) is 38.8. The van der Waals surface area contributed by atoms with Crippen LogP contribution in [0.25, 0.3) is 6.08 Å². The molecule has 13 heteroatoms. The molecule has 1 fully saturated rings. The van der Waals surface area contributed by atoms with Crippen molar-refractivity contribution in [3.05, 3.63) is 92.3 Å². The Labute approximate surface area is 251 Å². The van der Waals surface area contributed by atoms with Crippen molar-refractivity contribution >= 4 is 56.5 Å². The monoisotopic (exact) mass is 659 g/mol. The fourth-order valence-corrected chi connectivity index (χ4v) is 5.11. The smallest absolute Gasteiger partial charge is 0.416 e. The lowest BCUT2D eigenvalue weighted by Gasteiger charge is -2.15. The Balaban J connectivity index is 1.49. The molecule has 4 rings (SSSR count). The molecule has 42 heavy (non-hydrogen) atoms. The van der Waals surface area contributed by atoms with Crippen molar-refractivity contribution in [2.24, 2.45) is 0 Å². The van der Waals surface area contributed by atoms with Crippen molar-refractivity contribution in [1.29, 1.82) is 5.26 Å². The maximum atomic E-state index is 13.0. The van der Waals surface area contributed by atoms with Gasteiger partial charge in [-0.2, -0.15) is 18.4 Å². The van der Waals surface area contributed by atoms with Gasteiger partial charge in [0.1, 0.15) is 13.2 Å². The average Bonchev–Trinajstić information content (AvgIpc) is 3.21. The summed E-state index contributed by atoms with van der Waals surface area (Å²) >= 11 is 4.07. The van der Waals surface area contributed by atoms with Crippen LogP contribution in [-0.4, -0.2) is 35.1 Å². The molecular formula is C29H21BrF3N3O5S. The number of anilines is 1. The quantitative estimate of drug-likeness (QED) is 0.247. The van der Waals surface area contributed by atoms with Crippen LogP contribution in [0.2, 0.25) is 0 Å². The Morgan fingerprint density at radius 2 is 1.83 bits per heavy atom. The van der Waals surface area contributed by atoms with Gasteiger partial charge in [-0.25, -0.2) is 0 Å². The Morgan fingerprint density at radius 1 is 1.10 bits per heavy atom. The van der Waals surface area contributed by atoms with E-state index in [2.05, 4.69) is 27.3 Å². The maximum Gasteiger partial charge on any atom is 0.416 e. The number of carbonyl (C=O) groups excluding carboxylic acids is 3. The van der Waals surface area contributed by atoms with Gasteiger partial charge < -0.3 is 14.8 Å². The van der Waals surface area contributed by atoms with Gasteiger partial charge in [-0.05, 0) is 66.7 Å². The number of halogens is 4. The number of nitrogens with one attached hydrogen (secondary N) is 1. The Kier molecular flexibility index (Phi) is 9.59. The first kappa shape index (κ1) is 30.7. The number of nitrogens with zero attached hydrogens (tertiary/aromatic N) is 2. The van der Waals surface area contributed by atoms with Crippen molar-refractivity contribution in [2.75, 3.05) is 18.5 Å². The Morgan fingerprint density at radius 3 is 2.55 bits per heavy atom. The van der Waals surface area contributed by atoms with Crippen molar-refractivity contribution < 1.29 is 37.0 Å². The minimum Gasteiger partial charge on any atom is -0.490 e. The van der Waals surface area contributed by atoms with Crippen LogP contribution < -0.4 is 14.8 Å². The van der Waals surface area contributed by atoms with Gasteiger partial charge in [0.25, 0.3) is 11.1 Å². The summed E-state index contributed by atoms with van der Waals surface area (Å²) in [5.41, 5.74) is 0.582. The summed E-state index contributed by atoms with van der Waals surface area (Å²) in [5, 5.41) is 10.9. The second-order valence-electron chi connectivity index (χ2n) is 8.71. The fraction of sp³-hybridized carbons (Fsp3) is 0.172. The second-order valence-corrected chi connectivity index (χ2v) is 10.6. The number of thioether (sulfide) groups is 1. The Hall–Kier alpha value is -4.28. The van der Waals surface area contributed by atoms with E-state index in [1.54, 1.807) is 43.3 Å². The highest BCUT2D eigenvalue weighted by molar-refractivity contribution is 9.10. The van der Waals surface area contributed by atoms with Crippen molar-refractivity contribution in [3.8, 4) is 17.6 Å². The zero-order chi connectivity index (χ0) is 30.4. The van der Waals surface area contributed by atoms with E-state index in [1.165, 1.54) is 12.1 Å². The number of rotatable bonds is 9. The van der Waals surface area contributed by atoms with Crippen molar-refractivity contribution in [1.82, 2.24) is 4.90 Å². The van der Waals surface area contributed by atoms with Gasteiger partial charge >= 0.3 is 6.18 Å². The molecule has 1 N–H and O–H groups in total. The molecule has 216 valence electrons. The molecule has 1 aliphatic rings. The minimum absolute atomic E-state index is 0.0339. The molecule has 0 unspecified atom stereocenters. The summed E-state index contributed by atoms with van der Waals surface area (Å²) in [6, 6.07) is 16.4. The van der Waals surface area contributed by atoms with E-state index in [9.17, 15) is 32.8 Å². The normalized spacial score (nSPS) is 14.2. The SMILES string of the molecule is CCOc1cc(/C=C2\SC(=O)N(CC(=O)Nc3cccc(C(F)(F)F)c3)C2=O)c(Br)cc1OCc1ccccc1C#N. The number of imide groups is 1.